The van der Waals surface area contributed by atoms with Crippen LogP contribution in [0.1, 0.15) is 39.2 Å². The highest BCUT2D eigenvalue weighted by Gasteiger charge is 2.16. The fourth-order valence-corrected chi connectivity index (χ4v) is 2.89. The third-order valence-electron chi connectivity index (χ3n) is 4.39. The summed E-state index contributed by atoms with van der Waals surface area (Å²) < 4.78 is 11.3. The zero-order valence-electron chi connectivity index (χ0n) is 15.3. The van der Waals surface area contributed by atoms with Crippen molar-refractivity contribution in [3.8, 4) is 11.5 Å². The Bertz CT molecular complexity index is 537. The molecule has 1 aromatic carbocycles. The van der Waals surface area contributed by atoms with Gasteiger partial charge in [0.05, 0.1) is 13.2 Å². The Balaban J connectivity index is 1.91. The number of ether oxygens (including phenoxy) is 2. The first-order chi connectivity index (χ1) is 11.6. The maximum Gasteiger partial charge on any atom is 0.191 e. The van der Waals surface area contributed by atoms with Gasteiger partial charge in [0.1, 0.15) is 0 Å². The van der Waals surface area contributed by atoms with Crippen LogP contribution in [0.3, 0.4) is 0 Å². The van der Waals surface area contributed by atoms with E-state index in [1.165, 1.54) is 18.4 Å². The molecule has 24 heavy (non-hydrogen) atoms. The van der Waals surface area contributed by atoms with E-state index in [4.69, 9.17) is 15.2 Å². The Kier molecular flexibility index (Phi) is 7.22. The van der Waals surface area contributed by atoms with Gasteiger partial charge in [0.2, 0.25) is 0 Å². The van der Waals surface area contributed by atoms with Crippen LogP contribution in [0, 0.1) is 5.92 Å². The molecule has 1 aliphatic rings. The highest BCUT2D eigenvalue weighted by molar-refractivity contribution is 5.78. The number of guanidine groups is 1. The molecule has 1 aromatic rings. The predicted octanol–water partition coefficient (Wildman–Crippen LogP) is 3.07. The van der Waals surface area contributed by atoms with Gasteiger partial charge in [-0.3, -0.25) is 4.99 Å². The average Bonchev–Trinajstić information content (AvgIpc) is 2.58. The van der Waals surface area contributed by atoms with Crippen molar-refractivity contribution in [3.05, 3.63) is 23.8 Å². The Labute approximate surface area is 145 Å². The summed E-state index contributed by atoms with van der Waals surface area (Å²) in [5, 5.41) is 0. The van der Waals surface area contributed by atoms with Gasteiger partial charge >= 0.3 is 0 Å². The van der Waals surface area contributed by atoms with Gasteiger partial charge in [0.15, 0.2) is 17.5 Å². The summed E-state index contributed by atoms with van der Waals surface area (Å²) in [7, 11) is 0. The Morgan fingerprint density at radius 2 is 1.83 bits per heavy atom. The molecule has 0 spiro atoms. The molecular formula is C19H31N3O2. The molecule has 0 radical (unpaired) electrons. The molecule has 0 bridgehead atoms. The maximum atomic E-state index is 6.13. The largest absolute Gasteiger partial charge is 0.490 e. The van der Waals surface area contributed by atoms with Crippen LogP contribution in [0.4, 0.5) is 0 Å². The average molecular weight is 333 g/mol. The van der Waals surface area contributed by atoms with Crippen molar-refractivity contribution in [2.24, 2.45) is 16.6 Å². The van der Waals surface area contributed by atoms with Crippen LogP contribution in [0.15, 0.2) is 23.2 Å². The van der Waals surface area contributed by atoms with Crippen LogP contribution in [-0.2, 0) is 6.42 Å². The summed E-state index contributed by atoms with van der Waals surface area (Å²) in [4.78, 5) is 6.75. The number of rotatable bonds is 7. The summed E-state index contributed by atoms with van der Waals surface area (Å²) >= 11 is 0. The summed E-state index contributed by atoms with van der Waals surface area (Å²) in [6.07, 6.45) is 3.25. The third kappa shape index (κ3) is 5.32. The van der Waals surface area contributed by atoms with E-state index in [1.54, 1.807) is 0 Å². The van der Waals surface area contributed by atoms with E-state index < -0.39 is 0 Å². The van der Waals surface area contributed by atoms with Crippen LogP contribution < -0.4 is 15.2 Å². The van der Waals surface area contributed by atoms with E-state index >= 15 is 0 Å². The number of hydrogen-bond acceptors (Lipinski definition) is 3. The van der Waals surface area contributed by atoms with Gasteiger partial charge in [-0.1, -0.05) is 13.0 Å². The van der Waals surface area contributed by atoms with Gasteiger partial charge in [-0.15, -0.1) is 0 Å². The van der Waals surface area contributed by atoms with Crippen LogP contribution in [0.2, 0.25) is 0 Å². The molecule has 134 valence electrons. The van der Waals surface area contributed by atoms with Crippen molar-refractivity contribution in [1.82, 2.24) is 4.90 Å². The fraction of sp³-hybridized carbons (Fsp3) is 0.632. The van der Waals surface area contributed by atoms with Crippen molar-refractivity contribution in [2.75, 3.05) is 32.8 Å². The van der Waals surface area contributed by atoms with Crippen LogP contribution >= 0.6 is 0 Å². The van der Waals surface area contributed by atoms with Crippen LogP contribution in [0.25, 0.3) is 0 Å². The minimum absolute atomic E-state index is 0.627. The molecule has 0 saturated carbocycles. The molecule has 0 aliphatic carbocycles. The number of nitrogens with zero attached hydrogens (tertiary/aromatic N) is 2. The minimum Gasteiger partial charge on any atom is -0.490 e. The minimum atomic E-state index is 0.627. The van der Waals surface area contributed by atoms with Gasteiger partial charge in [-0.25, -0.2) is 0 Å². The molecule has 1 heterocycles. The molecule has 0 amide bonds. The maximum absolute atomic E-state index is 6.13. The second-order valence-electron chi connectivity index (χ2n) is 6.31. The molecule has 2 rings (SSSR count). The van der Waals surface area contributed by atoms with Crippen molar-refractivity contribution in [3.63, 3.8) is 0 Å². The quantitative estimate of drug-likeness (QED) is 0.615. The molecular weight excluding hydrogens is 302 g/mol. The lowest BCUT2D eigenvalue weighted by Crippen LogP contribution is -2.42. The number of piperidine rings is 1. The topological polar surface area (TPSA) is 60.1 Å². The number of aliphatic imine (C=N–C) groups is 1. The normalized spacial score (nSPS) is 16.3. The first-order valence-corrected chi connectivity index (χ1v) is 9.07. The molecule has 0 aromatic heterocycles. The van der Waals surface area contributed by atoms with E-state index in [1.807, 2.05) is 26.0 Å². The lowest BCUT2D eigenvalue weighted by Gasteiger charge is -2.31. The fourth-order valence-electron chi connectivity index (χ4n) is 2.89. The van der Waals surface area contributed by atoms with Gasteiger partial charge in [-0.05, 0) is 56.7 Å². The summed E-state index contributed by atoms with van der Waals surface area (Å²) in [5.41, 5.74) is 7.32. The lowest BCUT2D eigenvalue weighted by molar-refractivity contribution is 0.277. The predicted molar refractivity (Wildman–Crippen MR) is 98.9 cm³/mol. The zero-order valence-corrected chi connectivity index (χ0v) is 15.3. The number of benzene rings is 1. The number of nitrogens with two attached hydrogens (primary N) is 1. The first kappa shape index (κ1) is 18.4. The standard InChI is InChI=1S/C19H31N3O2/c1-4-23-17-7-6-16(14-18(17)24-5-2)8-11-21-19(20)22-12-9-15(3)10-13-22/h6-7,14-15H,4-5,8-13H2,1-3H3,(H2,20,21). The van der Waals surface area contributed by atoms with Crippen molar-refractivity contribution < 1.29 is 9.47 Å². The molecule has 1 aliphatic heterocycles. The van der Waals surface area contributed by atoms with E-state index in [0.29, 0.717) is 25.7 Å². The SMILES string of the molecule is CCOc1ccc(CCN=C(N)N2CCC(C)CC2)cc1OCC. The van der Waals surface area contributed by atoms with Gasteiger partial charge in [-0.2, -0.15) is 0 Å². The molecule has 5 heteroatoms. The van der Waals surface area contributed by atoms with Crippen molar-refractivity contribution in [1.29, 1.82) is 0 Å². The third-order valence-corrected chi connectivity index (χ3v) is 4.39. The molecule has 1 fully saturated rings. The van der Waals surface area contributed by atoms with Gasteiger partial charge in [0.25, 0.3) is 0 Å². The number of likely N-dealkylation sites (tertiary alicyclic amines) is 1. The zero-order chi connectivity index (χ0) is 17.4. The lowest BCUT2D eigenvalue weighted by atomic mass is 10.00. The second kappa shape index (κ2) is 9.40. The van der Waals surface area contributed by atoms with Gasteiger partial charge in [0, 0.05) is 19.6 Å². The Morgan fingerprint density at radius 3 is 2.50 bits per heavy atom. The Morgan fingerprint density at radius 1 is 1.17 bits per heavy atom. The van der Waals surface area contributed by atoms with E-state index in [0.717, 1.165) is 36.9 Å². The molecule has 0 atom stereocenters. The summed E-state index contributed by atoms with van der Waals surface area (Å²) in [6, 6.07) is 6.09. The molecule has 2 N–H and O–H groups in total. The Hall–Kier alpha value is -1.91. The number of hydrogen-bond donors (Lipinski definition) is 1. The summed E-state index contributed by atoms with van der Waals surface area (Å²) in [6.45, 7) is 10.2. The van der Waals surface area contributed by atoms with E-state index in [9.17, 15) is 0 Å². The molecule has 5 nitrogen and oxygen atoms in total. The second-order valence-corrected chi connectivity index (χ2v) is 6.31. The highest BCUT2D eigenvalue weighted by Crippen LogP contribution is 2.28. The van der Waals surface area contributed by atoms with Gasteiger partial charge < -0.3 is 20.1 Å². The monoisotopic (exact) mass is 333 g/mol. The van der Waals surface area contributed by atoms with Crippen LogP contribution in [-0.4, -0.2) is 43.7 Å². The van der Waals surface area contributed by atoms with E-state index in [-0.39, 0.29) is 0 Å². The highest BCUT2D eigenvalue weighted by atomic mass is 16.5. The van der Waals surface area contributed by atoms with Crippen molar-refractivity contribution >= 4 is 5.96 Å². The smallest absolute Gasteiger partial charge is 0.191 e. The van der Waals surface area contributed by atoms with Crippen molar-refractivity contribution in [2.45, 2.75) is 40.0 Å². The molecule has 1 saturated heterocycles. The molecule has 0 unspecified atom stereocenters. The summed E-state index contributed by atoms with van der Waals surface area (Å²) in [5.74, 6) is 3.08. The van der Waals surface area contributed by atoms with E-state index in [2.05, 4.69) is 22.9 Å². The van der Waals surface area contributed by atoms with Crippen LogP contribution in [0.5, 0.6) is 11.5 Å². The first-order valence-electron chi connectivity index (χ1n) is 9.07.